The number of amides is 1. The maximum absolute atomic E-state index is 14.4. The van der Waals surface area contributed by atoms with E-state index >= 15 is 0 Å². The number of anilines is 3. The zero-order valence-corrected chi connectivity index (χ0v) is 19.4. The summed E-state index contributed by atoms with van der Waals surface area (Å²) in [5.41, 5.74) is 10.0. The lowest BCUT2D eigenvalue weighted by Crippen LogP contribution is -2.42. The molecule has 0 spiro atoms. The van der Waals surface area contributed by atoms with Crippen molar-refractivity contribution in [1.29, 1.82) is 0 Å². The number of carbonyl (C=O) groups is 1. The minimum atomic E-state index is -0.512. The fraction of sp³-hybridized carbons (Fsp3) is 0.375. The van der Waals surface area contributed by atoms with Crippen molar-refractivity contribution in [2.24, 2.45) is 4.99 Å². The Morgan fingerprint density at radius 1 is 1.39 bits per heavy atom. The molecular weight excluding hydrogens is 421 g/mol. The summed E-state index contributed by atoms with van der Waals surface area (Å²) >= 11 is 0. The smallest absolute Gasteiger partial charge is 0.257 e. The van der Waals surface area contributed by atoms with Crippen LogP contribution in [0.5, 0.6) is 0 Å². The summed E-state index contributed by atoms with van der Waals surface area (Å²) in [4.78, 5) is 23.9. The van der Waals surface area contributed by atoms with Crippen LogP contribution in [-0.4, -0.2) is 53.7 Å². The molecule has 1 amide bonds. The summed E-state index contributed by atoms with van der Waals surface area (Å²) in [5.74, 6) is -0.927. The van der Waals surface area contributed by atoms with Gasteiger partial charge >= 0.3 is 0 Å². The Balaban J connectivity index is 1.66. The molecule has 2 aromatic heterocycles. The number of nitrogens with zero attached hydrogens (tertiary/aromatic N) is 4. The number of aryl methyl sites for hydroxylation is 1. The number of nitrogens with one attached hydrogen (secondary N) is 2. The van der Waals surface area contributed by atoms with E-state index in [0.717, 1.165) is 30.8 Å². The number of pyridine rings is 1. The zero-order valence-electron chi connectivity index (χ0n) is 19.4. The largest absolute Gasteiger partial charge is 0.397 e. The molecule has 4 N–H and O–H groups in total. The minimum absolute atomic E-state index is 0.0123. The SMILES string of the molecule is CCN=Cc1c(N2CC[C@](C)(NC)C2)ccc(C(=O)Nc2cc(F)c3nc(C)cn3c2)c1N. The van der Waals surface area contributed by atoms with Crippen molar-refractivity contribution < 1.29 is 9.18 Å². The second kappa shape index (κ2) is 8.82. The van der Waals surface area contributed by atoms with Gasteiger partial charge in [-0.15, -0.1) is 0 Å². The van der Waals surface area contributed by atoms with Crippen LogP contribution in [0.15, 0.2) is 35.6 Å². The highest BCUT2D eigenvalue weighted by Crippen LogP contribution is 2.33. The molecule has 3 heterocycles. The Hall–Kier alpha value is -3.46. The van der Waals surface area contributed by atoms with Crippen LogP contribution in [-0.2, 0) is 0 Å². The molecule has 4 rings (SSSR count). The molecule has 1 aliphatic rings. The Morgan fingerprint density at radius 3 is 2.88 bits per heavy atom. The van der Waals surface area contributed by atoms with Crippen molar-refractivity contribution in [2.45, 2.75) is 32.7 Å². The normalized spacial score (nSPS) is 18.5. The summed E-state index contributed by atoms with van der Waals surface area (Å²) in [6, 6.07) is 4.88. The van der Waals surface area contributed by atoms with Crippen LogP contribution < -0.4 is 21.3 Å². The highest BCUT2D eigenvalue weighted by atomic mass is 19.1. The van der Waals surface area contributed by atoms with E-state index in [0.29, 0.717) is 29.2 Å². The number of hydrogen-bond donors (Lipinski definition) is 3. The van der Waals surface area contributed by atoms with E-state index in [1.165, 1.54) is 6.07 Å². The third-order valence-corrected chi connectivity index (χ3v) is 6.21. The van der Waals surface area contributed by atoms with Gasteiger partial charge in [0, 0.05) is 61.1 Å². The number of fused-ring (bicyclic) bond motifs is 1. The number of carbonyl (C=O) groups excluding carboxylic acids is 1. The van der Waals surface area contributed by atoms with E-state index in [1.54, 1.807) is 36.0 Å². The summed E-state index contributed by atoms with van der Waals surface area (Å²) < 4.78 is 16.0. The molecule has 1 atom stereocenters. The van der Waals surface area contributed by atoms with Gasteiger partial charge in [-0.1, -0.05) is 0 Å². The Kier molecular flexibility index (Phi) is 6.07. The second-order valence-electron chi connectivity index (χ2n) is 8.71. The first-order valence-corrected chi connectivity index (χ1v) is 11.1. The second-order valence-corrected chi connectivity index (χ2v) is 8.71. The Morgan fingerprint density at radius 2 is 2.18 bits per heavy atom. The minimum Gasteiger partial charge on any atom is -0.397 e. The molecule has 1 saturated heterocycles. The molecule has 0 unspecified atom stereocenters. The number of halogens is 1. The van der Waals surface area contributed by atoms with Crippen molar-refractivity contribution in [3.63, 3.8) is 0 Å². The summed E-state index contributed by atoms with van der Waals surface area (Å²) in [5, 5.41) is 6.15. The van der Waals surface area contributed by atoms with Crippen molar-refractivity contribution in [3.05, 3.63) is 53.2 Å². The zero-order chi connectivity index (χ0) is 23.8. The lowest BCUT2D eigenvalue weighted by Gasteiger charge is -2.26. The molecule has 1 fully saturated rings. The van der Waals surface area contributed by atoms with Gasteiger partial charge in [0.2, 0.25) is 0 Å². The number of aliphatic imine (C=N–C) groups is 1. The predicted octanol–water partition coefficient (Wildman–Crippen LogP) is 3.24. The number of likely N-dealkylation sites (N-methyl/N-ethyl adjacent to an activating group) is 1. The van der Waals surface area contributed by atoms with Crippen LogP contribution in [0, 0.1) is 12.7 Å². The molecule has 0 radical (unpaired) electrons. The third-order valence-electron chi connectivity index (χ3n) is 6.21. The highest BCUT2D eigenvalue weighted by molar-refractivity contribution is 6.11. The van der Waals surface area contributed by atoms with Gasteiger partial charge in [-0.3, -0.25) is 9.79 Å². The fourth-order valence-corrected chi connectivity index (χ4v) is 4.23. The molecule has 8 nitrogen and oxygen atoms in total. The quantitative estimate of drug-likeness (QED) is 0.395. The van der Waals surface area contributed by atoms with E-state index in [1.807, 2.05) is 20.0 Å². The van der Waals surface area contributed by atoms with E-state index < -0.39 is 11.7 Å². The van der Waals surface area contributed by atoms with Crippen LogP contribution >= 0.6 is 0 Å². The van der Waals surface area contributed by atoms with E-state index in [2.05, 4.69) is 32.4 Å². The average Bonchev–Trinajstić information content (AvgIpc) is 3.35. The third kappa shape index (κ3) is 4.41. The number of imidazole rings is 1. The number of nitrogens with two attached hydrogens (primary N) is 1. The van der Waals surface area contributed by atoms with Crippen LogP contribution in [0.25, 0.3) is 5.65 Å². The van der Waals surface area contributed by atoms with E-state index in [-0.39, 0.29) is 11.2 Å². The fourth-order valence-electron chi connectivity index (χ4n) is 4.23. The summed E-state index contributed by atoms with van der Waals surface area (Å²) in [7, 11) is 1.97. The maximum atomic E-state index is 14.4. The van der Waals surface area contributed by atoms with Gasteiger partial charge in [0.05, 0.1) is 22.6 Å². The van der Waals surface area contributed by atoms with Gasteiger partial charge in [-0.25, -0.2) is 9.37 Å². The van der Waals surface area contributed by atoms with Gasteiger partial charge in [-0.2, -0.15) is 0 Å². The first-order valence-electron chi connectivity index (χ1n) is 11.1. The van der Waals surface area contributed by atoms with Crippen molar-refractivity contribution in [2.75, 3.05) is 42.6 Å². The first kappa shape index (κ1) is 22.7. The van der Waals surface area contributed by atoms with Crippen molar-refractivity contribution >= 4 is 34.8 Å². The average molecular weight is 452 g/mol. The van der Waals surface area contributed by atoms with E-state index in [9.17, 15) is 9.18 Å². The van der Waals surface area contributed by atoms with Crippen molar-refractivity contribution in [1.82, 2.24) is 14.7 Å². The van der Waals surface area contributed by atoms with Gasteiger partial charge in [0.1, 0.15) is 0 Å². The molecule has 1 aromatic carbocycles. The molecule has 0 saturated carbocycles. The molecule has 33 heavy (non-hydrogen) atoms. The topological polar surface area (TPSA) is 100 Å². The van der Waals surface area contributed by atoms with Crippen LogP contribution in [0.4, 0.5) is 21.5 Å². The van der Waals surface area contributed by atoms with Gasteiger partial charge in [0.25, 0.3) is 5.91 Å². The Labute approximate surface area is 192 Å². The summed E-state index contributed by atoms with van der Waals surface area (Å²) in [6.07, 6.45) is 6.06. The number of benzene rings is 1. The summed E-state index contributed by atoms with van der Waals surface area (Å²) in [6.45, 7) is 8.22. The molecule has 0 bridgehead atoms. The van der Waals surface area contributed by atoms with Crippen LogP contribution in [0.1, 0.15) is 41.9 Å². The van der Waals surface area contributed by atoms with Gasteiger partial charge in [0.15, 0.2) is 11.5 Å². The molecule has 1 aliphatic heterocycles. The van der Waals surface area contributed by atoms with Gasteiger partial charge in [-0.05, 0) is 46.4 Å². The lowest BCUT2D eigenvalue weighted by atomic mass is 10.0. The standard InChI is InChI=1S/C24H30FN7O/c1-5-28-11-18-20(31-9-8-24(3,14-31)27-4)7-6-17(21(18)26)23(33)30-16-10-19(25)22-29-15(2)12-32(22)13-16/h6-7,10-13,27H,5,8-9,14,26H2,1-4H3,(H,30,33)/t24-/m0/s1. The van der Waals surface area contributed by atoms with Crippen LogP contribution in [0.2, 0.25) is 0 Å². The maximum Gasteiger partial charge on any atom is 0.257 e. The molecular formula is C24H30FN7O. The van der Waals surface area contributed by atoms with Crippen molar-refractivity contribution in [3.8, 4) is 0 Å². The van der Waals surface area contributed by atoms with Crippen LogP contribution in [0.3, 0.4) is 0 Å². The van der Waals surface area contributed by atoms with E-state index in [4.69, 9.17) is 5.73 Å². The molecule has 3 aromatic rings. The number of nitrogen functional groups attached to an aromatic ring is 1. The first-order chi connectivity index (χ1) is 15.7. The number of rotatable bonds is 6. The molecule has 174 valence electrons. The lowest BCUT2D eigenvalue weighted by molar-refractivity contribution is 0.102. The predicted molar refractivity (Wildman–Crippen MR) is 131 cm³/mol. The molecule has 9 heteroatoms. The number of aromatic nitrogens is 2. The Bertz CT molecular complexity index is 1240. The highest BCUT2D eigenvalue weighted by Gasteiger charge is 2.33. The molecule has 0 aliphatic carbocycles. The number of hydrogen-bond acceptors (Lipinski definition) is 6. The van der Waals surface area contributed by atoms with Gasteiger partial charge < -0.3 is 25.7 Å². The monoisotopic (exact) mass is 451 g/mol.